The summed E-state index contributed by atoms with van der Waals surface area (Å²) in [5.74, 6) is 1.51. The van der Waals surface area contributed by atoms with Crippen molar-refractivity contribution in [2.75, 3.05) is 45.7 Å². The Morgan fingerprint density at radius 1 is 1.07 bits per heavy atom. The Labute approximate surface area is 183 Å². The number of carbonyl (C=O) groups excluding carboxylic acids is 1. The first-order valence-corrected chi connectivity index (χ1v) is 10.5. The molecule has 0 unspecified atom stereocenters. The predicted molar refractivity (Wildman–Crippen MR) is 121 cm³/mol. The van der Waals surface area contributed by atoms with Crippen LogP contribution in [0.1, 0.15) is 18.1 Å². The van der Waals surface area contributed by atoms with Crippen molar-refractivity contribution in [2.45, 2.75) is 26.4 Å². The number of piperazine rings is 1. The van der Waals surface area contributed by atoms with E-state index in [1.54, 1.807) is 26.4 Å². The fourth-order valence-electron chi connectivity index (χ4n) is 3.69. The molecule has 0 aromatic heterocycles. The van der Waals surface area contributed by atoms with Crippen LogP contribution in [0.2, 0.25) is 5.02 Å². The minimum Gasteiger partial charge on any atom is -0.493 e. The lowest BCUT2D eigenvalue weighted by Gasteiger charge is -2.37. The largest absolute Gasteiger partial charge is 0.493 e. The summed E-state index contributed by atoms with van der Waals surface area (Å²) >= 11 is 5.91. The molecule has 1 atom stereocenters. The van der Waals surface area contributed by atoms with Crippen molar-refractivity contribution >= 4 is 23.2 Å². The topological polar surface area (TPSA) is 54.0 Å². The molecular weight excluding hydrogens is 402 g/mol. The van der Waals surface area contributed by atoms with Crippen molar-refractivity contribution in [3.05, 3.63) is 52.5 Å². The van der Waals surface area contributed by atoms with Crippen LogP contribution in [-0.4, -0.2) is 62.1 Å². The van der Waals surface area contributed by atoms with E-state index in [0.29, 0.717) is 5.02 Å². The number of ether oxygens (including phenoxy) is 2. The van der Waals surface area contributed by atoms with Crippen LogP contribution in [0.25, 0.3) is 0 Å². The molecule has 2 aromatic rings. The lowest BCUT2D eigenvalue weighted by molar-refractivity contribution is -0.121. The molecule has 0 aliphatic carbocycles. The molecule has 1 amide bonds. The average molecular weight is 432 g/mol. The molecule has 1 fully saturated rings. The third kappa shape index (κ3) is 5.45. The predicted octanol–water partition coefficient (Wildman–Crippen LogP) is 3.81. The lowest BCUT2D eigenvalue weighted by atomic mass is 10.1. The first kappa shape index (κ1) is 22.4. The van der Waals surface area contributed by atoms with Crippen LogP contribution in [0.15, 0.2) is 36.4 Å². The molecule has 0 radical (unpaired) electrons. The first-order chi connectivity index (χ1) is 14.4. The van der Waals surface area contributed by atoms with Crippen molar-refractivity contribution in [3.8, 4) is 11.5 Å². The number of halogens is 1. The van der Waals surface area contributed by atoms with E-state index in [1.807, 2.05) is 25.1 Å². The van der Waals surface area contributed by atoms with Crippen molar-refractivity contribution in [1.82, 2.24) is 9.80 Å². The number of amides is 1. The maximum atomic E-state index is 12.6. The highest BCUT2D eigenvalue weighted by Crippen LogP contribution is 2.31. The number of hydrogen-bond acceptors (Lipinski definition) is 5. The monoisotopic (exact) mass is 431 g/mol. The minimum absolute atomic E-state index is 0.00140. The van der Waals surface area contributed by atoms with Gasteiger partial charge in [0.1, 0.15) is 0 Å². The van der Waals surface area contributed by atoms with Gasteiger partial charge >= 0.3 is 0 Å². The molecule has 1 saturated heterocycles. The van der Waals surface area contributed by atoms with Gasteiger partial charge in [0, 0.05) is 43.4 Å². The molecule has 0 bridgehead atoms. The Morgan fingerprint density at radius 3 is 2.27 bits per heavy atom. The molecule has 0 spiro atoms. The van der Waals surface area contributed by atoms with Gasteiger partial charge in [-0.15, -0.1) is 0 Å². The van der Waals surface area contributed by atoms with Gasteiger partial charge in [-0.3, -0.25) is 14.6 Å². The molecule has 7 heteroatoms. The van der Waals surface area contributed by atoms with Crippen molar-refractivity contribution < 1.29 is 14.3 Å². The summed E-state index contributed by atoms with van der Waals surface area (Å²) in [6.07, 6.45) is 0. The van der Waals surface area contributed by atoms with E-state index in [2.05, 4.69) is 28.1 Å². The number of rotatable bonds is 7. The summed E-state index contributed by atoms with van der Waals surface area (Å²) in [4.78, 5) is 17.3. The van der Waals surface area contributed by atoms with Gasteiger partial charge in [0.05, 0.1) is 20.3 Å². The van der Waals surface area contributed by atoms with Gasteiger partial charge < -0.3 is 14.8 Å². The summed E-state index contributed by atoms with van der Waals surface area (Å²) in [5.41, 5.74) is 3.18. The normalized spacial score (nSPS) is 16.2. The van der Waals surface area contributed by atoms with Gasteiger partial charge in [-0.2, -0.15) is 0 Å². The number of nitrogens with zero attached hydrogens (tertiary/aromatic N) is 2. The van der Waals surface area contributed by atoms with Crippen molar-refractivity contribution in [2.24, 2.45) is 0 Å². The fraction of sp³-hybridized carbons (Fsp3) is 0.435. The maximum Gasteiger partial charge on any atom is 0.241 e. The molecule has 162 valence electrons. The quantitative estimate of drug-likeness (QED) is 0.722. The van der Waals surface area contributed by atoms with Crippen LogP contribution in [0, 0.1) is 6.92 Å². The molecule has 2 aromatic carbocycles. The molecule has 1 aliphatic rings. The van der Waals surface area contributed by atoms with Crippen molar-refractivity contribution in [3.63, 3.8) is 0 Å². The molecule has 6 nitrogen and oxygen atoms in total. The molecule has 1 aliphatic heterocycles. The fourth-order valence-corrected chi connectivity index (χ4v) is 3.81. The number of methoxy groups -OCH3 is 2. The van der Waals surface area contributed by atoms with Gasteiger partial charge in [0.15, 0.2) is 11.5 Å². The van der Waals surface area contributed by atoms with E-state index < -0.39 is 0 Å². The summed E-state index contributed by atoms with van der Waals surface area (Å²) in [6, 6.07) is 11.1. The Hall–Kier alpha value is -2.28. The van der Waals surface area contributed by atoms with E-state index in [0.717, 1.165) is 49.9 Å². The van der Waals surface area contributed by atoms with Crippen LogP contribution in [-0.2, 0) is 11.3 Å². The average Bonchev–Trinajstić information content (AvgIpc) is 2.76. The van der Waals surface area contributed by atoms with E-state index in [1.165, 1.54) is 11.1 Å². The molecule has 1 heterocycles. The number of aryl methyl sites for hydroxylation is 1. The van der Waals surface area contributed by atoms with Gasteiger partial charge in [0.25, 0.3) is 0 Å². The standard InChI is InChI=1S/C23H30ClN3O3/c1-16-13-21(29-3)22(30-4)14-18(16)15-26-9-11-27(12-10-26)17(2)23(28)25-20-7-5-19(24)6-8-20/h5-8,13-14,17H,9-12,15H2,1-4H3,(H,25,28)/t17-/m0/s1. The van der Waals surface area contributed by atoms with Gasteiger partial charge in [0.2, 0.25) is 5.91 Å². The van der Waals surface area contributed by atoms with E-state index in [9.17, 15) is 4.79 Å². The summed E-state index contributed by atoms with van der Waals surface area (Å²) in [6.45, 7) is 8.42. The Bertz CT molecular complexity index is 865. The molecule has 30 heavy (non-hydrogen) atoms. The number of nitrogens with one attached hydrogen (secondary N) is 1. The van der Waals surface area contributed by atoms with Crippen LogP contribution in [0.5, 0.6) is 11.5 Å². The number of carbonyl (C=O) groups is 1. The number of benzene rings is 2. The van der Waals surface area contributed by atoms with Crippen LogP contribution in [0.3, 0.4) is 0 Å². The molecular formula is C23H30ClN3O3. The van der Waals surface area contributed by atoms with Gasteiger partial charge in [-0.05, 0) is 61.4 Å². The first-order valence-electron chi connectivity index (χ1n) is 10.2. The zero-order chi connectivity index (χ0) is 21.7. The van der Waals surface area contributed by atoms with E-state index >= 15 is 0 Å². The zero-order valence-corrected chi connectivity index (χ0v) is 18.8. The summed E-state index contributed by atoms with van der Waals surface area (Å²) in [5, 5.41) is 3.62. The minimum atomic E-state index is -0.189. The molecule has 1 N–H and O–H groups in total. The number of hydrogen-bond donors (Lipinski definition) is 1. The molecule has 3 rings (SSSR count). The second kappa shape index (κ2) is 10.2. The maximum absolute atomic E-state index is 12.6. The highest BCUT2D eigenvalue weighted by Gasteiger charge is 2.26. The van der Waals surface area contributed by atoms with Crippen molar-refractivity contribution in [1.29, 1.82) is 0 Å². The molecule has 0 saturated carbocycles. The highest BCUT2D eigenvalue weighted by molar-refractivity contribution is 6.30. The smallest absolute Gasteiger partial charge is 0.241 e. The highest BCUT2D eigenvalue weighted by atomic mass is 35.5. The Kier molecular flexibility index (Phi) is 7.58. The SMILES string of the molecule is COc1cc(C)c(CN2CCN([C@@H](C)C(=O)Nc3ccc(Cl)cc3)CC2)cc1OC. The number of anilines is 1. The lowest BCUT2D eigenvalue weighted by Crippen LogP contribution is -2.52. The van der Waals surface area contributed by atoms with Crippen LogP contribution in [0.4, 0.5) is 5.69 Å². The summed E-state index contributed by atoms with van der Waals surface area (Å²) < 4.78 is 10.8. The third-order valence-corrected chi connectivity index (χ3v) is 5.93. The summed E-state index contributed by atoms with van der Waals surface area (Å²) in [7, 11) is 3.31. The Balaban J connectivity index is 1.54. The zero-order valence-electron chi connectivity index (χ0n) is 18.1. The van der Waals surface area contributed by atoms with E-state index in [4.69, 9.17) is 21.1 Å². The Morgan fingerprint density at radius 2 is 1.67 bits per heavy atom. The third-order valence-electron chi connectivity index (χ3n) is 5.68. The van der Waals surface area contributed by atoms with Crippen LogP contribution >= 0.6 is 11.6 Å². The van der Waals surface area contributed by atoms with Crippen LogP contribution < -0.4 is 14.8 Å². The van der Waals surface area contributed by atoms with Gasteiger partial charge in [-0.1, -0.05) is 11.6 Å². The van der Waals surface area contributed by atoms with Gasteiger partial charge in [-0.25, -0.2) is 0 Å². The van der Waals surface area contributed by atoms with E-state index in [-0.39, 0.29) is 11.9 Å². The second-order valence-corrected chi connectivity index (χ2v) is 8.05. The second-order valence-electron chi connectivity index (χ2n) is 7.62.